The number of imide groups is 1. The molecule has 1 fully saturated rings. The summed E-state index contributed by atoms with van der Waals surface area (Å²) in [6.07, 6.45) is 1.82. The molecule has 0 aliphatic heterocycles. The first-order valence-electron chi connectivity index (χ1n) is 11.1. The lowest BCUT2D eigenvalue weighted by Crippen LogP contribution is -2.44. The van der Waals surface area contributed by atoms with Gasteiger partial charge in [0.1, 0.15) is 11.2 Å². The number of aliphatic carboxylic acids is 1. The average Bonchev–Trinajstić information content (AvgIpc) is 3.09. The Labute approximate surface area is 202 Å². The number of carbonyl (C=O) groups is 3. The highest BCUT2D eigenvalue weighted by molar-refractivity contribution is 6.29. The van der Waals surface area contributed by atoms with Crippen LogP contribution < -0.4 is 4.90 Å². The summed E-state index contributed by atoms with van der Waals surface area (Å²) in [5, 5.41) is 9.08. The van der Waals surface area contributed by atoms with Gasteiger partial charge < -0.3 is 19.1 Å². The highest BCUT2D eigenvalue weighted by atomic mass is 35.5. The van der Waals surface area contributed by atoms with Crippen LogP contribution in [-0.4, -0.2) is 54.0 Å². The quantitative estimate of drug-likeness (QED) is 0.584. The predicted octanol–water partition coefficient (Wildman–Crippen LogP) is 4.97. The number of imidazole rings is 1. The first-order valence-corrected chi connectivity index (χ1v) is 11.4. The molecule has 2 aromatic rings. The molecule has 1 saturated carbocycles. The molecule has 2 amide bonds. The normalized spacial score (nSPS) is 19.0. The third kappa shape index (κ3) is 5.94. The number of rotatable bonds is 3. The number of fused-ring (bicyclic) bond motifs is 1. The van der Waals surface area contributed by atoms with E-state index in [9.17, 15) is 19.5 Å². The Balaban J connectivity index is 2.05. The number of carbonyl (C=O) groups excluding carboxylic acids is 2. The van der Waals surface area contributed by atoms with Crippen LogP contribution in [0.25, 0.3) is 11.2 Å². The number of anilines is 1. The number of hydrogen-bond donors (Lipinski definition) is 1. The predicted molar refractivity (Wildman–Crippen MR) is 124 cm³/mol. The number of carboxylic acid groups (broad SMARTS) is 1. The highest BCUT2D eigenvalue weighted by Gasteiger charge is 2.37. The van der Waals surface area contributed by atoms with Crippen molar-refractivity contribution < 1.29 is 29.0 Å². The lowest BCUT2D eigenvalue weighted by atomic mass is 9.86. The minimum absolute atomic E-state index is 0.0593. The Morgan fingerprint density at radius 1 is 1.00 bits per heavy atom. The minimum Gasteiger partial charge on any atom is -0.481 e. The molecular weight excluding hydrogens is 466 g/mol. The molecule has 1 aliphatic rings. The van der Waals surface area contributed by atoms with E-state index in [1.807, 2.05) is 0 Å². The summed E-state index contributed by atoms with van der Waals surface area (Å²) in [6.45, 7) is 10.0. The molecule has 0 bridgehead atoms. The second-order valence-corrected chi connectivity index (χ2v) is 10.6. The molecule has 0 saturated heterocycles. The summed E-state index contributed by atoms with van der Waals surface area (Å²) in [4.78, 5) is 50.9. The smallest absolute Gasteiger partial charge is 0.425 e. The summed E-state index contributed by atoms with van der Waals surface area (Å²) < 4.78 is 12.6. The van der Waals surface area contributed by atoms with E-state index in [-0.39, 0.29) is 28.6 Å². The van der Waals surface area contributed by atoms with Crippen molar-refractivity contribution in [2.45, 2.75) is 84.5 Å². The van der Waals surface area contributed by atoms with Gasteiger partial charge in [-0.05, 0) is 78.8 Å². The van der Waals surface area contributed by atoms with Crippen molar-refractivity contribution in [2.24, 2.45) is 5.92 Å². The van der Waals surface area contributed by atoms with Crippen molar-refractivity contribution in [1.29, 1.82) is 0 Å². The van der Waals surface area contributed by atoms with Crippen LogP contribution in [0.1, 0.15) is 73.3 Å². The molecule has 34 heavy (non-hydrogen) atoms. The van der Waals surface area contributed by atoms with Gasteiger partial charge in [-0.25, -0.2) is 14.6 Å². The largest absolute Gasteiger partial charge is 0.481 e. The fourth-order valence-electron chi connectivity index (χ4n) is 3.76. The monoisotopic (exact) mass is 495 g/mol. The summed E-state index contributed by atoms with van der Waals surface area (Å²) >= 11 is 6.20. The molecule has 0 spiro atoms. The maximum Gasteiger partial charge on any atom is 0.425 e. The second kappa shape index (κ2) is 9.36. The van der Waals surface area contributed by atoms with Gasteiger partial charge >= 0.3 is 18.2 Å². The van der Waals surface area contributed by atoms with E-state index >= 15 is 0 Å². The zero-order chi connectivity index (χ0) is 25.4. The Bertz CT molecular complexity index is 1070. The highest BCUT2D eigenvalue weighted by Crippen LogP contribution is 2.36. The molecule has 186 valence electrons. The molecule has 0 unspecified atom stereocenters. The lowest BCUT2D eigenvalue weighted by molar-refractivity contribution is -0.143. The fraction of sp³-hybridized carbons (Fsp3) is 0.636. The number of carboxylic acids is 1. The van der Waals surface area contributed by atoms with E-state index in [2.05, 4.69) is 15.0 Å². The number of amides is 2. The third-order valence-corrected chi connectivity index (χ3v) is 5.35. The Hall–Kier alpha value is -2.95. The first-order chi connectivity index (χ1) is 15.7. The van der Waals surface area contributed by atoms with Crippen molar-refractivity contribution in [2.75, 3.05) is 4.90 Å². The van der Waals surface area contributed by atoms with Crippen LogP contribution in [0.15, 0.2) is 6.33 Å². The van der Waals surface area contributed by atoms with E-state index in [0.717, 1.165) is 0 Å². The number of aromatic nitrogens is 4. The van der Waals surface area contributed by atoms with Gasteiger partial charge in [0.05, 0.1) is 12.2 Å². The van der Waals surface area contributed by atoms with E-state index in [1.165, 1.54) is 6.33 Å². The first kappa shape index (κ1) is 25.7. The van der Waals surface area contributed by atoms with Gasteiger partial charge in [0, 0.05) is 6.04 Å². The van der Waals surface area contributed by atoms with Gasteiger partial charge in [-0.1, -0.05) is 0 Å². The van der Waals surface area contributed by atoms with Crippen LogP contribution in [0.2, 0.25) is 5.28 Å². The Morgan fingerprint density at radius 2 is 1.53 bits per heavy atom. The van der Waals surface area contributed by atoms with Crippen LogP contribution >= 0.6 is 11.6 Å². The van der Waals surface area contributed by atoms with E-state index in [1.54, 1.807) is 46.1 Å². The lowest BCUT2D eigenvalue weighted by Gasteiger charge is -2.28. The van der Waals surface area contributed by atoms with E-state index in [0.29, 0.717) is 36.2 Å². The number of halogens is 1. The van der Waals surface area contributed by atoms with E-state index in [4.69, 9.17) is 21.1 Å². The van der Waals surface area contributed by atoms with Crippen molar-refractivity contribution in [3.05, 3.63) is 11.6 Å². The summed E-state index contributed by atoms with van der Waals surface area (Å²) in [5.41, 5.74) is -1.29. The zero-order valence-electron chi connectivity index (χ0n) is 20.2. The van der Waals surface area contributed by atoms with Crippen molar-refractivity contribution in [3.8, 4) is 0 Å². The van der Waals surface area contributed by atoms with Crippen LogP contribution in [-0.2, 0) is 14.3 Å². The Kier molecular flexibility index (Phi) is 7.07. The molecule has 12 heteroatoms. The molecule has 0 radical (unpaired) electrons. The van der Waals surface area contributed by atoms with Gasteiger partial charge in [0.25, 0.3) is 0 Å². The Morgan fingerprint density at radius 3 is 2.00 bits per heavy atom. The third-order valence-electron chi connectivity index (χ3n) is 5.18. The standard InChI is InChI=1S/C22H30ClN5O6/c1-21(2,3)33-19(31)28(20(32)34-22(4,5)6)16-14-15(25-18(23)26-16)27(11-24-14)13-9-7-12(8-10-13)17(29)30/h11-13H,7-10H2,1-6H3,(H,29,30). The van der Waals surface area contributed by atoms with Crippen LogP contribution in [0.4, 0.5) is 15.4 Å². The SMILES string of the molecule is CC(C)(C)OC(=O)N(C(=O)OC(C)(C)C)c1nc(Cl)nc2c1ncn2C1CCC(C(=O)O)CC1. The van der Waals surface area contributed by atoms with Gasteiger partial charge in [-0.15, -0.1) is 0 Å². The van der Waals surface area contributed by atoms with Crippen LogP contribution in [0.3, 0.4) is 0 Å². The maximum atomic E-state index is 13.1. The summed E-state index contributed by atoms with van der Waals surface area (Å²) in [5.74, 6) is -1.34. The molecule has 2 heterocycles. The van der Waals surface area contributed by atoms with Gasteiger partial charge in [-0.3, -0.25) is 4.79 Å². The van der Waals surface area contributed by atoms with Gasteiger partial charge in [-0.2, -0.15) is 14.9 Å². The van der Waals surface area contributed by atoms with E-state index < -0.39 is 29.4 Å². The maximum absolute atomic E-state index is 13.1. The molecular formula is C22H30ClN5O6. The molecule has 2 aromatic heterocycles. The fourth-order valence-corrected chi connectivity index (χ4v) is 3.92. The minimum atomic E-state index is -0.991. The summed E-state index contributed by atoms with van der Waals surface area (Å²) in [7, 11) is 0. The number of ether oxygens (including phenoxy) is 2. The number of nitrogens with zero attached hydrogens (tertiary/aromatic N) is 5. The second-order valence-electron chi connectivity index (χ2n) is 10.3. The van der Waals surface area contributed by atoms with Crippen molar-refractivity contribution >= 4 is 46.7 Å². The molecule has 11 nitrogen and oxygen atoms in total. The average molecular weight is 496 g/mol. The van der Waals surface area contributed by atoms with Crippen LogP contribution in [0, 0.1) is 5.92 Å². The molecule has 0 atom stereocenters. The van der Waals surface area contributed by atoms with Gasteiger partial charge in [0.2, 0.25) is 5.28 Å². The topological polar surface area (TPSA) is 137 Å². The molecule has 1 N–H and O–H groups in total. The van der Waals surface area contributed by atoms with Crippen LogP contribution in [0.5, 0.6) is 0 Å². The van der Waals surface area contributed by atoms with Crippen molar-refractivity contribution in [1.82, 2.24) is 19.5 Å². The molecule has 1 aliphatic carbocycles. The zero-order valence-corrected chi connectivity index (χ0v) is 20.9. The molecule has 3 rings (SSSR count). The van der Waals surface area contributed by atoms with Gasteiger partial charge in [0.15, 0.2) is 17.0 Å². The number of hydrogen-bond acceptors (Lipinski definition) is 8. The van der Waals surface area contributed by atoms with Crippen molar-refractivity contribution in [3.63, 3.8) is 0 Å². The summed E-state index contributed by atoms with van der Waals surface area (Å²) in [6, 6.07) is -0.0593. The molecule has 0 aromatic carbocycles.